The predicted molar refractivity (Wildman–Crippen MR) is 71.0 cm³/mol. The van der Waals surface area contributed by atoms with Crippen molar-refractivity contribution in [3.63, 3.8) is 0 Å². The van der Waals surface area contributed by atoms with Crippen LogP contribution in [0.3, 0.4) is 0 Å². The van der Waals surface area contributed by atoms with Gasteiger partial charge in [-0.1, -0.05) is 0 Å². The number of nitrogens with zero attached hydrogens (tertiary/aromatic N) is 1. The van der Waals surface area contributed by atoms with Crippen molar-refractivity contribution in [1.29, 1.82) is 0 Å². The highest BCUT2D eigenvalue weighted by Gasteiger charge is 2.29. The van der Waals surface area contributed by atoms with Crippen molar-refractivity contribution >= 4 is 16.0 Å². The molecule has 0 atom stereocenters. The number of aromatic carboxylic acids is 1. The number of hydrogen-bond donors (Lipinski definition) is 3. The minimum atomic E-state index is -3.71. The molecular weight excluding hydrogens is 284 g/mol. The van der Waals surface area contributed by atoms with Crippen LogP contribution < -0.4 is 4.72 Å². The summed E-state index contributed by atoms with van der Waals surface area (Å²) in [7, 11) is -3.71. The molecule has 8 heteroatoms. The standard InChI is InChI=1S/C12H18N2O5S/c1-2-14-7-10(5-11(14)12(16)17)20(18,19)13-6-8-3-9(15)4-8/h5,7-9,13,15H,2-4,6H2,1H3,(H,16,17). The van der Waals surface area contributed by atoms with Crippen molar-refractivity contribution in [2.75, 3.05) is 6.54 Å². The van der Waals surface area contributed by atoms with Crippen molar-refractivity contribution in [3.05, 3.63) is 18.0 Å². The number of aryl methyl sites for hydroxylation is 1. The number of sulfonamides is 1. The quantitative estimate of drug-likeness (QED) is 0.698. The molecule has 0 aromatic carbocycles. The van der Waals surface area contributed by atoms with Gasteiger partial charge in [-0.25, -0.2) is 17.9 Å². The maximum atomic E-state index is 12.1. The summed E-state index contributed by atoms with van der Waals surface area (Å²) in [5, 5.41) is 18.2. The Balaban J connectivity index is 2.10. The van der Waals surface area contributed by atoms with E-state index in [1.807, 2.05) is 0 Å². The molecule has 1 aliphatic carbocycles. The molecule has 1 aliphatic rings. The van der Waals surface area contributed by atoms with E-state index in [0.717, 1.165) is 6.07 Å². The van der Waals surface area contributed by atoms with Crippen molar-refractivity contribution in [1.82, 2.24) is 9.29 Å². The second-order valence-electron chi connectivity index (χ2n) is 5.00. The van der Waals surface area contributed by atoms with Gasteiger partial charge < -0.3 is 14.8 Å². The molecule has 20 heavy (non-hydrogen) atoms. The van der Waals surface area contributed by atoms with Gasteiger partial charge in [0.15, 0.2) is 0 Å². The molecule has 0 saturated heterocycles. The van der Waals surface area contributed by atoms with Gasteiger partial charge in [0.2, 0.25) is 10.0 Å². The molecule has 1 aromatic heterocycles. The first-order valence-electron chi connectivity index (χ1n) is 6.44. The first-order valence-corrected chi connectivity index (χ1v) is 7.93. The molecule has 0 aliphatic heterocycles. The first-order chi connectivity index (χ1) is 9.33. The molecule has 1 heterocycles. The molecule has 2 rings (SSSR count). The topological polar surface area (TPSA) is 109 Å². The Morgan fingerprint density at radius 1 is 1.50 bits per heavy atom. The van der Waals surface area contributed by atoms with Gasteiger partial charge in [-0.2, -0.15) is 0 Å². The van der Waals surface area contributed by atoms with Gasteiger partial charge in [0.05, 0.1) is 6.10 Å². The van der Waals surface area contributed by atoms with E-state index >= 15 is 0 Å². The van der Waals surface area contributed by atoms with Crippen LogP contribution in [-0.4, -0.2) is 41.8 Å². The lowest BCUT2D eigenvalue weighted by atomic mass is 9.83. The third-order valence-corrected chi connectivity index (χ3v) is 4.91. The third kappa shape index (κ3) is 3.02. The van der Waals surface area contributed by atoms with E-state index in [1.54, 1.807) is 6.92 Å². The zero-order valence-electron chi connectivity index (χ0n) is 11.1. The average Bonchev–Trinajstić information content (AvgIpc) is 2.78. The summed E-state index contributed by atoms with van der Waals surface area (Å²) in [5.74, 6) is -1.01. The predicted octanol–water partition coefficient (Wildman–Crippen LogP) is 0.255. The number of nitrogens with one attached hydrogen (secondary N) is 1. The summed E-state index contributed by atoms with van der Waals surface area (Å²) >= 11 is 0. The number of carboxylic acid groups (broad SMARTS) is 1. The Hall–Kier alpha value is -1.38. The minimum absolute atomic E-state index is 0.0448. The number of carboxylic acids is 1. The van der Waals surface area contributed by atoms with Crippen LogP contribution in [0.15, 0.2) is 17.2 Å². The van der Waals surface area contributed by atoms with Gasteiger partial charge in [0.1, 0.15) is 10.6 Å². The number of hydrogen-bond acceptors (Lipinski definition) is 4. The summed E-state index contributed by atoms with van der Waals surface area (Å²) in [6.07, 6.45) is 2.18. The van der Waals surface area contributed by atoms with Crippen LogP contribution in [0.25, 0.3) is 0 Å². The SMILES string of the molecule is CCn1cc(S(=O)(=O)NCC2CC(O)C2)cc1C(=O)O. The van der Waals surface area contributed by atoms with E-state index in [9.17, 15) is 13.2 Å². The molecule has 1 fully saturated rings. The molecular formula is C12H18N2O5S. The molecule has 7 nitrogen and oxygen atoms in total. The molecule has 0 unspecified atom stereocenters. The van der Waals surface area contributed by atoms with E-state index in [2.05, 4.69) is 4.72 Å². The lowest BCUT2D eigenvalue weighted by Crippen LogP contribution is -2.38. The Morgan fingerprint density at radius 3 is 2.60 bits per heavy atom. The minimum Gasteiger partial charge on any atom is -0.477 e. The summed E-state index contributed by atoms with van der Waals surface area (Å²) < 4.78 is 28.0. The van der Waals surface area contributed by atoms with Crippen molar-refractivity contribution in [2.24, 2.45) is 5.92 Å². The van der Waals surface area contributed by atoms with Gasteiger partial charge in [0.25, 0.3) is 0 Å². The molecule has 3 N–H and O–H groups in total. The number of aromatic nitrogens is 1. The van der Waals surface area contributed by atoms with Gasteiger partial charge >= 0.3 is 5.97 Å². The molecule has 0 radical (unpaired) electrons. The van der Waals surface area contributed by atoms with E-state index in [1.165, 1.54) is 10.8 Å². The Labute approximate surface area is 117 Å². The average molecular weight is 302 g/mol. The van der Waals surface area contributed by atoms with Crippen molar-refractivity contribution in [2.45, 2.75) is 37.3 Å². The highest BCUT2D eigenvalue weighted by atomic mass is 32.2. The third-order valence-electron chi connectivity index (χ3n) is 3.51. The van der Waals surface area contributed by atoms with Crippen LogP contribution >= 0.6 is 0 Å². The summed E-state index contributed by atoms with van der Waals surface area (Å²) in [6, 6.07) is 1.16. The molecule has 0 spiro atoms. The maximum absolute atomic E-state index is 12.1. The molecule has 1 saturated carbocycles. The number of carbonyl (C=O) groups is 1. The largest absolute Gasteiger partial charge is 0.477 e. The van der Waals surface area contributed by atoms with Gasteiger partial charge in [-0.3, -0.25) is 0 Å². The first kappa shape index (κ1) is 15.0. The van der Waals surface area contributed by atoms with Crippen LogP contribution in [0.5, 0.6) is 0 Å². The highest BCUT2D eigenvalue weighted by Crippen LogP contribution is 2.26. The fourth-order valence-electron chi connectivity index (χ4n) is 2.25. The van der Waals surface area contributed by atoms with Crippen LogP contribution in [0, 0.1) is 5.92 Å². The number of aliphatic hydroxyl groups excluding tert-OH is 1. The Kier molecular flexibility index (Phi) is 4.17. The van der Waals surface area contributed by atoms with Gasteiger partial charge in [-0.15, -0.1) is 0 Å². The van der Waals surface area contributed by atoms with Crippen LogP contribution in [0.4, 0.5) is 0 Å². The summed E-state index contributed by atoms with van der Waals surface area (Å²) in [5.41, 5.74) is -0.0491. The summed E-state index contributed by atoms with van der Waals surface area (Å²) in [6.45, 7) is 2.39. The number of aliphatic hydroxyl groups is 1. The fourth-order valence-corrected chi connectivity index (χ4v) is 3.40. The zero-order valence-corrected chi connectivity index (χ0v) is 11.9. The summed E-state index contributed by atoms with van der Waals surface area (Å²) in [4.78, 5) is 11.0. The molecule has 1 aromatic rings. The van der Waals surface area contributed by atoms with Crippen molar-refractivity contribution in [3.8, 4) is 0 Å². The maximum Gasteiger partial charge on any atom is 0.352 e. The van der Waals surface area contributed by atoms with Crippen LogP contribution in [0.2, 0.25) is 0 Å². The van der Waals surface area contributed by atoms with Crippen LogP contribution in [0.1, 0.15) is 30.3 Å². The van der Waals surface area contributed by atoms with Gasteiger partial charge in [0, 0.05) is 19.3 Å². The normalized spacial score (nSPS) is 22.5. The van der Waals surface area contributed by atoms with Crippen LogP contribution in [-0.2, 0) is 16.6 Å². The monoisotopic (exact) mass is 302 g/mol. The van der Waals surface area contributed by atoms with Gasteiger partial charge in [-0.05, 0) is 31.7 Å². The fraction of sp³-hybridized carbons (Fsp3) is 0.583. The lowest BCUT2D eigenvalue weighted by Gasteiger charge is -2.31. The van der Waals surface area contributed by atoms with E-state index in [-0.39, 0.29) is 29.2 Å². The lowest BCUT2D eigenvalue weighted by molar-refractivity contribution is 0.0453. The number of rotatable bonds is 6. The second-order valence-corrected chi connectivity index (χ2v) is 6.76. The van der Waals surface area contributed by atoms with Crippen molar-refractivity contribution < 1.29 is 23.4 Å². The smallest absolute Gasteiger partial charge is 0.352 e. The Morgan fingerprint density at radius 2 is 2.15 bits per heavy atom. The molecule has 0 amide bonds. The zero-order chi connectivity index (χ0) is 14.9. The molecule has 112 valence electrons. The second kappa shape index (κ2) is 5.55. The van der Waals surface area contributed by atoms with E-state index in [0.29, 0.717) is 19.4 Å². The van der Waals surface area contributed by atoms with E-state index < -0.39 is 16.0 Å². The molecule has 0 bridgehead atoms. The van der Waals surface area contributed by atoms with E-state index in [4.69, 9.17) is 10.2 Å². The highest BCUT2D eigenvalue weighted by molar-refractivity contribution is 7.89. The Bertz CT molecular complexity index is 601.